The highest BCUT2D eigenvalue weighted by Gasteiger charge is 2.08. The minimum atomic E-state index is -0.195. The van der Waals surface area contributed by atoms with Gasteiger partial charge in [0, 0.05) is 30.6 Å². The molecule has 0 unspecified atom stereocenters. The van der Waals surface area contributed by atoms with Crippen LogP contribution in [0.1, 0.15) is 41.6 Å². The van der Waals surface area contributed by atoms with E-state index in [2.05, 4.69) is 39.8 Å². The molecule has 1 aromatic carbocycles. The Morgan fingerprint density at radius 3 is 2.62 bits per heavy atom. The van der Waals surface area contributed by atoms with Gasteiger partial charge in [-0.25, -0.2) is 9.37 Å². The lowest BCUT2D eigenvalue weighted by molar-refractivity contribution is 0.625. The first-order valence-electron chi connectivity index (χ1n) is 8.18. The number of halogens is 2. The summed E-state index contributed by atoms with van der Waals surface area (Å²) in [5, 5.41) is 9.78. The molecule has 0 bridgehead atoms. The number of benzene rings is 1. The third-order valence-electron chi connectivity index (χ3n) is 3.64. The third-order valence-corrected chi connectivity index (χ3v) is 5.43. The van der Waals surface area contributed by atoms with Gasteiger partial charge < -0.3 is 10.6 Å². The van der Waals surface area contributed by atoms with Crippen LogP contribution < -0.4 is 10.6 Å². The molecule has 0 saturated carbocycles. The van der Waals surface area contributed by atoms with Crippen molar-refractivity contribution in [2.75, 3.05) is 13.3 Å². The van der Waals surface area contributed by atoms with Gasteiger partial charge in [0.1, 0.15) is 5.82 Å². The Morgan fingerprint density at radius 1 is 1.27 bits per heavy atom. The van der Waals surface area contributed by atoms with Crippen molar-refractivity contribution in [1.29, 1.82) is 0 Å². The van der Waals surface area contributed by atoms with Crippen molar-refractivity contribution in [3.63, 3.8) is 0 Å². The molecule has 1 aromatic heterocycles. The number of nitrogens with zero attached hydrogens (tertiary/aromatic N) is 2. The smallest absolute Gasteiger partial charge is 0.191 e. The van der Waals surface area contributed by atoms with Gasteiger partial charge in [-0.05, 0) is 29.5 Å². The first-order chi connectivity index (χ1) is 12.0. The topological polar surface area (TPSA) is 49.3 Å². The lowest BCUT2D eigenvalue weighted by Crippen LogP contribution is -2.36. The number of thioether (sulfide) groups is 1. The maximum absolute atomic E-state index is 13.4. The Morgan fingerprint density at radius 2 is 2.00 bits per heavy atom. The summed E-state index contributed by atoms with van der Waals surface area (Å²) in [6.45, 7) is 5.52. The first-order valence-corrected chi connectivity index (χ1v) is 10.5. The summed E-state index contributed by atoms with van der Waals surface area (Å²) in [7, 11) is 1.74. The fourth-order valence-electron chi connectivity index (χ4n) is 2.30. The molecule has 4 nitrogen and oxygen atoms in total. The van der Waals surface area contributed by atoms with Crippen molar-refractivity contribution in [3.05, 3.63) is 51.2 Å². The molecule has 0 amide bonds. The van der Waals surface area contributed by atoms with E-state index in [0.717, 1.165) is 27.6 Å². The lowest BCUT2D eigenvalue weighted by atomic mass is 10.1. The first kappa shape index (κ1) is 23.2. The van der Waals surface area contributed by atoms with Crippen LogP contribution in [0.3, 0.4) is 0 Å². The van der Waals surface area contributed by atoms with Crippen LogP contribution in [0.15, 0.2) is 28.6 Å². The number of hydrogen-bond donors (Lipinski definition) is 2. The van der Waals surface area contributed by atoms with E-state index in [1.807, 2.05) is 12.3 Å². The largest absolute Gasteiger partial charge is 0.352 e. The fraction of sp³-hybridized carbons (Fsp3) is 0.444. The molecule has 0 atom stereocenters. The molecule has 0 saturated heterocycles. The van der Waals surface area contributed by atoms with Crippen LogP contribution >= 0.6 is 47.1 Å². The van der Waals surface area contributed by atoms with Crippen molar-refractivity contribution in [2.45, 2.75) is 38.6 Å². The monoisotopic (exact) mass is 508 g/mol. The number of aliphatic imine (C=N–C) groups is 1. The molecule has 0 radical (unpaired) electrons. The van der Waals surface area contributed by atoms with Crippen LogP contribution in [0.4, 0.5) is 4.39 Å². The maximum atomic E-state index is 13.4. The maximum Gasteiger partial charge on any atom is 0.191 e. The third kappa shape index (κ3) is 7.03. The molecule has 2 aromatic rings. The summed E-state index contributed by atoms with van der Waals surface area (Å²) < 4.78 is 13.4. The summed E-state index contributed by atoms with van der Waals surface area (Å²) in [5.74, 6) is 1.75. The van der Waals surface area contributed by atoms with Crippen LogP contribution in [-0.4, -0.2) is 24.2 Å². The zero-order chi connectivity index (χ0) is 18.2. The SMILES string of the molecule is CN=C(NCc1csc(C(C)C)n1)NCc1ccc(F)cc1CSC.I. The van der Waals surface area contributed by atoms with Gasteiger partial charge in [0.15, 0.2) is 5.96 Å². The molecule has 1 heterocycles. The van der Waals surface area contributed by atoms with E-state index in [-0.39, 0.29) is 29.8 Å². The molecule has 0 aliphatic carbocycles. The second kappa shape index (κ2) is 11.8. The second-order valence-corrected chi connectivity index (χ2v) is 7.71. The number of guanidine groups is 1. The summed E-state index contributed by atoms with van der Waals surface area (Å²) >= 11 is 3.37. The van der Waals surface area contributed by atoms with Gasteiger partial charge in [0.25, 0.3) is 0 Å². The van der Waals surface area contributed by atoms with E-state index in [1.54, 1.807) is 36.2 Å². The summed E-state index contributed by atoms with van der Waals surface area (Å²) in [6, 6.07) is 4.93. The Bertz CT molecular complexity index is 719. The number of thiazole rings is 1. The van der Waals surface area contributed by atoms with Crippen LogP contribution in [0.5, 0.6) is 0 Å². The van der Waals surface area contributed by atoms with E-state index < -0.39 is 0 Å². The molecule has 144 valence electrons. The van der Waals surface area contributed by atoms with Crippen molar-refractivity contribution in [1.82, 2.24) is 15.6 Å². The molecule has 0 aliphatic rings. The van der Waals surface area contributed by atoms with Gasteiger partial charge in [0.05, 0.1) is 17.2 Å². The average Bonchev–Trinajstić information content (AvgIpc) is 3.06. The van der Waals surface area contributed by atoms with Gasteiger partial charge in [-0.2, -0.15) is 11.8 Å². The minimum Gasteiger partial charge on any atom is -0.352 e. The Balaban J connectivity index is 0.00000338. The van der Waals surface area contributed by atoms with Crippen molar-refractivity contribution < 1.29 is 4.39 Å². The molecule has 0 fully saturated rings. The Hall–Kier alpha value is -0.870. The van der Waals surface area contributed by atoms with Crippen molar-refractivity contribution in [2.24, 2.45) is 4.99 Å². The number of rotatable bonds is 7. The van der Waals surface area contributed by atoms with Crippen molar-refractivity contribution in [3.8, 4) is 0 Å². The van der Waals surface area contributed by atoms with Gasteiger partial charge in [-0.1, -0.05) is 19.9 Å². The van der Waals surface area contributed by atoms with Gasteiger partial charge in [-0.3, -0.25) is 4.99 Å². The zero-order valence-electron chi connectivity index (χ0n) is 15.5. The van der Waals surface area contributed by atoms with Gasteiger partial charge >= 0.3 is 0 Å². The Kier molecular flexibility index (Phi) is 10.5. The summed E-state index contributed by atoms with van der Waals surface area (Å²) in [4.78, 5) is 8.86. The van der Waals surface area contributed by atoms with E-state index >= 15 is 0 Å². The number of nitrogens with one attached hydrogen (secondary N) is 2. The molecule has 26 heavy (non-hydrogen) atoms. The Labute approximate surface area is 180 Å². The highest BCUT2D eigenvalue weighted by atomic mass is 127. The van der Waals surface area contributed by atoms with Crippen LogP contribution in [-0.2, 0) is 18.8 Å². The van der Waals surface area contributed by atoms with Crippen LogP contribution in [0, 0.1) is 5.82 Å². The van der Waals surface area contributed by atoms with E-state index in [0.29, 0.717) is 25.0 Å². The fourth-order valence-corrected chi connectivity index (χ4v) is 3.71. The van der Waals surface area contributed by atoms with Gasteiger partial charge in [0.2, 0.25) is 0 Å². The lowest BCUT2D eigenvalue weighted by Gasteiger charge is -2.13. The zero-order valence-corrected chi connectivity index (χ0v) is 19.5. The predicted molar refractivity (Wildman–Crippen MR) is 122 cm³/mol. The van der Waals surface area contributed by atoms with Gasteiger partial charge in [-0.15, -0.1) is 35.3 Å². The van der Waals surface area contributed by atoms with E-state index in [4.69, 9.17) is 0 Å². The molecule has 2 rings (SSSR count). The normalized spacial score (nSPS) is 11.4. The van der Waals surface area contributed by atoms with Crippen LogP contribution in [0.25, 0.3) is 0 Å². The van der Waals surface area contributed by atoms with E-state index in [1.165, 1.54) is 6.07 Å². The number of hydrogen-bond acceptors (Lipinski definition) is 4. The molecule has 8 heteroatoms. The standard InChI is InChI=1S/C18H25FN4S2.HI/c1-12(2)17-23-16(11-25-17)9-22-18(20-3)21-8-13-5-6-15(19)7-14(13)10-24-4;/h5-7,11-12H,8-10H2,1-4H3,(H2,20,21,22);1H. The predicted octanol–water partition coefficient (Wildman–Crippen LogP) is 4.75. The van der Waals surface area contributed by atoms with Crippen LogP contribution in [0.2, 0.25) is 0 Å². The molecular weight excluding hydrogens is 482 g/mol. The quantitative estimate of drug-likeness (QED) is 0.322. The molecule has 2 N–H and O–H groups in total. The highest BCUT2D eigenvalue weighted by Crippen LogP contribution is 2.19. The highest BCUT2D eigenvalue weighted by molar-refractivity contribution is 14.0. The molecule has 0 spiro atoms. The average molecular weight is 508 g/mol. The second-order valence-electron chi connectivity index (χ2n) is 5.96. The number of aromatic nitrogens is 1. The molecule has 0 aliphatic heterocycles. The summed E-state index contributed by atoms with van der Waals surface area (Å²) in [5.41, 5.74) is 3.10. The minimum absolute atomic E-state index is 0. The molecular formula is C18H26FIN4S2. The van der Waals surface area contributed by atoms with E-state index in [9.17, 15) is 4.39 Å². The summed E-state index contributed by atoms with van der Waals surface area (Å²) in [6.07, 6.45) is 2.02. The van der Waals surface area contributed by atoms with Crippen molar-refractivity contribution >= 4 is 53.0 Å².